The lowest BCUT2D eigenvalue weighted by Crippen LogP contribution is -2.27. The summed E-state index contributed by atoms with van der Waals surface area (Å²) in [6.45, 7) is 5.39. The van der Waals surface area contributed by atoms with Crippen molar-refractivity contribution in [2.75, 3.05) is 11.4 Å². The van der Waals surface area contributed by atoms with Crippen molar-refractivity contribution in [3.05, 3.63) is 23.9 Å². The highest BCUT2D eigenvalue weighted by atomic mass is 15.2. The van der Waals surface area contributed by atoms with E-state index >= 15 is 0 Å². The van der Waals surface area contributed by atoms with Gasteiger partial charge in [-0.1, -0.05) is 0 Å². The first-order valence-corrected chi connectivity index (χ1v) is 5.66. The number of rotatable bonds is 2. The maximum atomic E-state index is 5.87. The molecule has 0 saturated carbocycles. The number of hydrogen-bond donors (Lipinski definition) is 1. The molecule has 2 unspecified atom stereocenters. The molecule has 0 aromatic carbocycles. The van der Waals surface area contributed by atoms with Gasteiger partial charge in [0, 0.05) is 24.8 Å². The first-order valence-electron chi connectivity index (χ1n) is 5.66. The molecule has 15 heavy (non-hydrogen) atoms. The Hall–Kier alpha value is -1.09. The number of hydrogen-bond acceptors (Lipinski definition) is 3. The number of anilines is 1. The molecule has 1 aromatic rings. The van der Waals surface area contributed by atoms with Crippen molar-refractivity contribution in [1.29, 1.82) is 0 Å². The summed E-state index contributed by atoms with van der Waals surface area (Å²) < 4.78 is 0. The zero-order chi connectivity index (χ0) is 10.8. The molecule has 0 aliphatic carbocycles. The fraction of sp³-hybridized carbons (Fsp3) is 0.583. The molecular weight excluding hydrogens is 186 g/mol. The van der Waals surface area contributed by atoms with E-state index in [1.54, 1.807) is 0 Å². The van der Waals surface area contributed by atoms with E-state index in [2.05, 4.69) is 22.9 Å². The van der Waals surface area contributed by atoms with Crippen LogP contribution in [0.15, 0.2) is 18.3 Å². The molecule has 1 aromatic heterocycles. The second kappa shape index (κ2) is 4.19. The van der Waals surface area contributed by atoms with Crippen molar-refractivity contribution in [1.82, 2.24) is 4.98 Å². The maximum absolute atomic E-state index is 5.87. The Morgan fingerprint density at radius 2 is 2.40 bits per heavy atom. The fourth-order valence-electron chi connectivity index (χ4n) is 2.15. The summed E-state index contributed by atoms with van der Waals surface area (Å²) in [6, 6.07) is 4.81. The van der Waals surface area contributed by atoms with Crippen LogP contribution in [0.3, 0.4) is 0 Å². The molecule has 2 N–H and O–H groups in total. The molecule has 2 atom stereocenters. The summed E-state index contributed by atoms with van der Waals surface area (Å²) in [5, 5.41) is 0. The van der Waals surface area contributed by atoms with E-state index in [1.807, 2.05) is 19.2 Å². The standard InChI is InChI=1S/C12H19N3/c1-9-4-3-7-15(9)12-8-11(10(2)13)5-6-14-12/h5-6,8-10H,3-4,7,13H2,1-2H3. The van der Waals surface area contributed by atoms with Crippen LogP contribution in [-0.2, 0) is 0 Å². The molecule has 0 amide bonds. The smallest absolute Gasteiger partial charge is 0.129 e. The molecule has 0 bridgehead atoms. The first kappa shape index (κ1) is 10.4. The van der Waals surface area contributed by atoms with Crippen LogP contribution in [0.2, 0.25) is 0 Å². The third-order valence-electron chi connectivity index (χ3n) is 3.14. The predicted octanol–water partition coefficient (Wildman–Crippen LogP) is 2.09. The van der Waals surface area contributed by atoms with Crippen LogP contribution in [0.5, 0.6) is 0 Å². The molecule has 2 heterocycles. The van der Waals surface area contributed by atoms with E-state index in [9.17, 15) is 0 Å². The lowest BCUT2D eigenvalue weighted by atomic mass is 10.1. The molecule has 3 nitrogen and oxygen atoms in total. The van der Waals surface area contributed by atoms with Crippen molar-refractivity contribution >= 4 is 5.82 Å². The summed E-state index contributed by atoms with van der Waals surface area (Å²) in [6.07, 6.45) is 4.40. The SMILES string of the molecule is CC(N)c1ccnc(N2CCCC2C)c1. The molecule has 1 aliphatic rings. The Balaban J connectivity index is 2.24. The number of nitrogens with zero attached hydrogens (tertiary/aromatic N) is 2. The van der Waals surface area contributed by atoms with Gasteiger partial charge in [0.05, 0.1) is 0 Å². The average molecular weight is 205 g/mol. The maximum Gasteiger partial charge on any atom is 0.129 e. The summed E-state index contributed by atoms with van der Waals surface area (Å²) in [5.74, 6) is 1.08. The molecule has 0 spiro atoms. The number of pyridine rings is 1. The Kier molecular flexibility index (Phi) is 2.91. The molecule has 82 valence electrons. The normalized spacial score (nSPS) is 23.1. The Morgan fingerprint density at radius 3 is 3.00 bits per heavy atom. The average Bonchev–Trinajstić information content (AvgIpc) is 2.64. The lowest BCUT2D eigenvalue weighted by Gasteiger charge is -2.23. The highest BCUT2D eigenvalue weighted by molar-refractivity contribution is 5.43. The van der Waals surface area contributed by atoms with Gasteiger partial charge in [-0.05, 0) is 44.4 Å². The quantitative estimate of drug-likeness (QED) is 0.804. The van der Waals surface area contributed by atoms with Gasteiger partial charge in [-0.3, -0.25) is 0 Å². The second-order valence-electron chi connectivity index (χ2n) is 4.42. The predicted molar refractivity (Wildman–Crippen MR) is 62.9 cm³/mol. The Bertz CT molecular complexity index is 335. The minimum atomic E-state index is 0.0876. The van der Waals surface area contributed by atoms with Crippen molar-refractivity contribution in [3.63, 3.8) is 0 Å². The van der Waals surface area contributed by atoms with Gasteiger partial charge in [-0.25, -0.2) is 4.98 Å². The van der Waals surface area contributed by atoms with Gasteiger partial charge in [-0.2, -0.15) is 0 Å². The zero-order valence-electron chi connectivity index (χ0n) is 9.48. The van der Waals surface area contributed by atoms with Gasteiger partial charge in [0.25, 0.3) is 0 Å². The lowest BCUT2D eigenvalue weighted by molar-refractivity contribution is 0.724. The van der Waals surface area contributed by atoms with Gasteiger partial charge in [-0.15, -0.1) is 0 Å². The minimum absolute atomic E-state index is 0.0876. The molecular formula is C12H19N3. The minimum Gasteiger partial charge on any atom is -0.354 e. The van der Waals surface area contributed by atoms with Gasteiger partial charge in [0.15, 0.2) is 0 Å². The van der Waals surface area contributed by atoms with Gasteiger partial charge in [0.1, 0.15) is 5.82 Å². The van der Waals surface area contributed by atoms with Crippen LogP contribution < -0.4 is 10.6 Å². The zero-order valence-corrected chi connectivity index (χ0v) is 9.48. The van der Waals surface area contributed by atoms with Crippen molar-refractivity contribution in [3.8, 4) is 0 Å². The molecule has 1 aliphatic heterocycles. The van der Waals surface area contributed by atoms with Crippen LogP contribution in [0.25, 0.3) is 0 Å². The van der Waals surface area contributed by atoms with E-state index in [0.717, 1.165) is 12.4 Å². The Labute approximate surface area is 91.3 Å². The number of nitrogens with two attached hydrogens (primary N) is 1. The summed E-state index contributed by atoms with van der Waals surface area (Å²) in [7, 11) is 0. The highest BCUT2D eigenvalue weighted by Crippen LogP contribution is 2.24. The van der Waals surface area contributed by atoms with Crippen LogP contribution in [0.1, 0.15) is 38.3 Å². The third-order valence-corrected chi connectivity index (χ3v) is 3.14. The molecule has 2 rings (SSSR count). The summed E-state index contributed by atoms with van der Waals surface area (Å²) >= 11 is 0. The third kappa shape index (κ3) is 2.12. The summed E-state index contributed by atoms with van der Waals surface area (Å²) in [4.78, 5) is 6.79. The molecule has 0 radical (unpaired) electrons. The largest absolute Gasteiger partial charge is 0.354 e. The van der Waals surface area contributed by atoms with Crippen molar-refractivity contribution in [2.45, 2.75) is 38.8 Å². The van der Waals surface area contributed by atoms with E-state index in [-0.39, 0.29) is 6.04 Å². The van der Waals surface area contributed by atoms with Crippen LogP contribution in [-0.4, -0.2) is 17.6 Å². The number of aromatic nitrogens is 1. The second-order valence-corrected chi connectivity index (χ2v) is 4.42. The van der Waals surface area contributed by atoms with Gasteiger partial charge >= 0.3 is 0 Å². The molecule has 3 heteroatoms. The van der Waals surface area contributed by atoms with Crippen LogP contribution >= 0.6 is 0 Å². The monoisotopic (exact) mass is 205 g/mol. The fourth-order valence-corrected chi connectivity index (χ4v) is 2.15. The highest BCUT2D eigenvalue weighted by Gasteiger charge is 2.21. The van der Waals surface area contributed by atoms with E-state index < -0.39 is 0 Å². The Morgan fingerprint density at radius 1 is 1.60 bits per heavy atom. The van der Waals surface area contributed by atoms with E-state index in [1.165, 1.54) is 18.4 Å². The van der Waals surface area contributed by atoms with Crippen molar-refractivity contribution in [2.24, 2.45) is 5.73 Å². The van der Waals surface area contributed by atoms with Crippen LogP contribution in [0.4, 0.5) is 5.82 Å². The van der Waals surface area contributed by atoms with E-state index in [0.29, 0.717) is 6.04 Å². The van der Waals surface area contributed by atoms with Crippen LogP contribution in [0, 0.1) is 0 Å². The molecule has 1 saturated heterocycles. The van der Waals surface area contributed by atoms with Gasteiger partial charge in [0.2, 0.25) is 0 Å². The molecule has 1 fully saturated rings. The first-order chi connectivity index (χ1) is 7.18. The van der Waals surface area contributed by atoms with Gasteiger partial charge < -0.3 is 10.6 Å². The summed E-state index contributed by atoms with van der Waals surface area (Å²) in [5.41, 5.74) is 7.04. The topological polar surface area (TPSA) is 42.1 Å². The van der Waals surface area contributed by atoms with Crippen molar-refractivity contribution < 1.29 is 0 Å². The van der Waals surface area contributed by atoms with E-state index in [4.69, 9.17) is 5.73 Å².